The van der Waals surface area contributed by atoms with E-state index in [4.69, 9.17) is 10.5 Å². The van der Waals surface area contributed by atoms with E-state index in [1.807, 2.05) is 0 Å². The molecule has 0 aromatic heterocycles. The van der Waals surface area contributed by atoms with E-state index >= 15 is 0 Å². The summed E-state index contributed by atoms with van der Waals surface area (Å²) in [5.74, 6) is 0. The summed E-state index contributed by atoms with van der Waals surface area (Å²) in [6, 6.07) is 6.38. The molecule has 0 radical (unpaired) electrons. The molecule has 0 saturated carbocycles. The van der Waals surface area contributed by atoms with Crippen molar-refractivity contribution in [1.82, 2.24) is 0 Å². The number of hydrogen-bond acceptors (Lipinski definition) is 4. The zero-order valence-electron chi connectivity index (χ0n) is 12.6. The fourth-order valence-corrected chi connectivity index (χ4v) is 4.54. The van der Waals surface area contributed by atoms with Crippen LogP contribution in [0.1, 0.15) is 36.5 Å². The maximum Gasteiger partial charge on any atom is 0.0884 e. The maximum absolute atomic E-state index is 11.0. The van der Waals surface area contributed by atoms with Crippen molar-refractivity contribution in [3.05, 3.63) is 29.3 Å². The Morgan fingerprint density at radius 2 is 2.33 bits per heavy atom. The van der Waals surface area contributed by atoms with Crippen LogP contribution in [-0.2, 0) is 11.2 Å². The molecule has 0 amide bonds. The van der Waals surface area contributed by atoms with Gasteiger partial charge in [0.2, 0.25) is 0 Å². The summed E-state index contributed by atoms with van der Waals surface area (Å²) >= 11 is 0. The zero-order valence-corrected chi connectivity index (χ0v) is 12.6. The second-order valence-electron chi connectivity index (χ2n) is 6.93. The van der Waals surface area contributed by atoms with Gasteiger partial charge in [-0.25, -0.2) is 0 Å². The van der Waals surface area contributed by atoms with Crippen LogP contribution in [-0.4, -0.2) is 37.5 Å². The van der Waals surface area contributed by atoms with Crippen LogP contribution in [0.25, 0.3) is 0 Å². The fraction of sp³-hybridized carbons (Fsp3) is 0.647. The molecule has 3 aliphatic heterocycles. The van der Waals surface area contributed by atoms with Crippen molar-refractivity contribution in [2.24, 2.45) is 11.1 Å². The summed E-state index contributed by atoms with van der Waals surface area (Å²) in [5.41, 5.74) is 9.42. The van der Waals surface area contributed by atoms with Crippen molar-refractivity contribution < 1.29 is 9.84 Å². The van der Waals surface area contributed by atoms with Gasteiger partial charge in [0.1, 0.15) is 0 Å². The van der Waals surface area contributed by atoms with Crippen LogP contribution in [0.5, 0.6) is 0 Å². The minimum Gasteiger partial charge on any atom is -0.388 e. The van der Waals surface area contributed by atoms with Crippen LogP contribution in [0.4, 0.5) is 5.69 Å². The Labute approximate surface area is 125 Å². The Bertz CT molecular complexity index is 562. The second kappa shape index (κ2) is 4.70. The second-order valence-corrected chi connectivity index (χ2v) is 6.93. The summed E-state index contributed by atoms with van der Waals surface area (Å²) in [6.45, 7) is 1.55. The summed E-state index contributed by atoms with van der Waals surface area (Å²) in [4.78, 5) is 2.27. The number of benzene rings is 1. The Kier molecular flexibility index (Phi) is 3.03. The largest absolute Gasteiger partial charge is 0.388 e. The lowest BCUT2D eigenvalue weighted by Crippen LogP contribution is -2.44. The molecule has 3 N–H and O–H groups in total. The molecule has 4 unspecified atom stereocenters. The predicted molar refractivity (Wildman–Crippen MR) is 82.4 cm³/mol. The summed E-state index contributed by atoms with van der Waals surface area (Å²) in [7, 11) is 2.12. The minimum atomic E-state index is -0.519. The van der Waals surface area contributed by atoms with E-state index in [0.717, 1.165) is 37.8 Å². The number of rotatable bonds is 3. The van der Waals surface area contributed by atoms with E-state index in [2.05, 4.69) is 30.1 Å². The van der Waals surface area contributed by atoms with Crippen molar-refractivity contribution in [2.75, 3.05) is 25.0 Å². The highest BCUT2D eigenvalue weighted by atomic mass is 16.5. The number of aliphatic hydroxyl groups excluding tert-OH is 1. The summed E-state index contributed by atoms with van der Waals surface area (Å²) in [5, 5.41) is 11.0. The van der Waals surface area contributed by atoms with Crippen molar-refractivity contribution in [2.45, 2.75) is 44.0 Å². The third kappa shape index (κ3) is 1.86. The van der Waals surface area contributed by atoms with E-state index in [0.29, 0.717) is 12.6 Å². The standard InChI is InChI=1S/C17H24N2O2/c1-19-7-6-11-8-12(2-4-14(11)19)16(20)17(10-18)9-13-3-5-15(17)21-13/h2,4,8,13,15-16,20H,3,5-7,9-10,18H2,1H3. The molecule has 3 aliphatic rings. The topological polar surface area (TPSA) is 58.7 Å². The van der Waals surface area contributed by atoms with Crippen LogP contribution in [0.15, 0.2) is 18.2 Å². The van der Waals surface area contributed by atoms with Gasteiger partial charge in [0.15, 0.2) is 0 Å². The number of fused-ring (bicyclic) bond motifs is 3. The third-order valence-electron chi connectivity index (χ3n) is 5.83. The summed E-state index contributed by atoms with van der Waals surface area (Å²) in [6.07, 6.45) is 4.01. The number of hydrogen-bond donors (Lipinski definition) is 2. The number of aliphatic hydroxyl groups is 1. The Morgan fingerprint density at radius 3 is 3.00 bits per heavy atom. The smallest absolute Gasteiger partial charge is 0.0884 e. The normalized spacial score (nSPS) is 35.3. The van der Waals surface area contributed by atoms with Crippen molar-refractivity contribution in [3.63, 3.8) is 0 Å². The van der Waals surface area contributed by atoms with Crippen LogP contribution in [0.2, 0.25) is 0 Å². The molecule has 2 fully saturated rings. The van der Waals surface area contributed by atoms with Gasteiger partial charge < -0.3 is 20.5 Å². The lowest BCUT2D eigenvalue weighted by molar-refractivity contribution is -0.0264. The summed E-state index contributed by atoms with van der Waals surface area (Å²) < 4.78 is 5.98. The molecule has 2 saturated heterocycles. The predicted octanol–water partition coefficient (Wildman–Crippen LogP) is 1.61. The fourth-order valence-electron chi connectivity index (χ4n) is 4.54. The highest BCUT2D eigenvalue weighted by Crippen LogP contribution is 2.53. The highest BCUT2D eigenvalue weighted by Gasteiger charge is 2.55. The monoisotopic (exact) mass is 288 g/mol. The van der Waals surface area contributed by atoms with E-state index < -0.39 is 6.10 Å². The van der Waals surface area contributed by atoms with E-state index in [1.54, 1.807) is 0 Å². The minimum absolute atomic E-state index is 0.124. The average Bonchev–Trinajstić information content (AvgIpc) is 3.21. The Hall–Kier alpha value is -1.10. The molecule has 2 bridgehead atoms. The van der Waals surface area contributed by atoms with Gasteiger partial charge in [-0.1, -0.05) is 12.1 Å². The first-order chi connectivity index (χ1) is 10.1. The molecule has 4 atom stereocenters. The average molecular weight is 288 g/mol. The lowest BCUT2D eigenvalue weighted by Gasteiger charge is -2.38. The van der Waals surface area contributed by atoms with Crippen LogP contribution in [0.3, 0.4) is 0 Å². The Morgan fingerprint density at radius 1 is 1.48 bits per heavy atom. The molecular formula is C17H24N2O2. The molecule has 1 aromatic carbocycles. The number of ether oxygens (including phenoxy) is 1. The lowest BCUT2D eigenvalue weighted by atomic mass is 9.68. The molecule has 0 spiro atoms. The van der Waals surface area contributed by atoms with Gasteiger partial charge in [-0.15, -0.1) is 0 Å². The SMILES string of the molecule is CN1CCc2cc(C(O)C3(CN)CC4CCC3O4)ccc21. The van der Waals surface area contributed by atoms with Crippen molar-refractivity contribution in [1.29, 1.82) is 0 Å². The molecule has 4 heteroatoms. The first-order valence-electron chi connectivity index (χ1n) is 8.01. The van der Waals surface area contributed by atoms with Gasteiger partial charge in [0.05, 0.1) is 18.3 Å². The third-order valence-corrected chi connectivity index (χ3v) is 5.83. The van der Waals surface area contributed by atoms with Gasteiger partial charge in [0.25, 0.3) is 0 Å². The van der Waals surface area contributed by atoms with Crippen LogP contribution < -0.4 is 10.6 Å². The molecule has 4 rings (SSSR count). The highest BCUT2D eigenvalue weighted by molar-refractivity contribution is 5.58. The number of anilines is 1. The molecule has 4 nitrogen and oxygen atoms in total. The molecule has 3 heterocycles. The van der Waals surface area contributed by atoms with Crippen LogP contribution >= 0.6 is 0 Å². The number of likely N-dealkylation sites (N-methyl/N-ethyl adjacent to an activating group) is 1. The van der Waals surface area contributed by atoms with Crippen molar-refractivity contribution >= 4 is 5.69 Å². The van der Waals surface area contributed by atoms with Gasteiger partial charge in [-0.05, 0) is 42.9 Å². The van der Waals surface area contributed by atoms with Gasteiger partial charge >= 0.3 is 0 Å². The maximum atomic E-state index is 11.0. The van der Waals surface area contributed by atoms with Crippen LogP contribution in [0, 0.1) is 5.41 Å². The van der Waals surface area contributed by atoms with Gasteiger partial charge in [0, 0.05) is 31.2 Å². The van der Waals surface area contributed by atoms with Gasteiger partial charge in [-0.3, -0.25) is 0 Å². The van der Waals surface area contributed by atoms with E-state index in [-0.39, 0.29) is 11.5 Å². The molecule has 114 valence electrons. The number of nitrogens with two attached hydrogens (primary N) is 1. The number of nitrogens with zero attached hydrogens (tertiary/aromatic N) is 1. The molecule has 1 aromatic rings. The van der Waals surface area contributed by atoms with Crippen molar-refractivity contribution in [3.8, 4) is 0 Å². The molecule has 0 aliphatic carbocycles. The van der Waals surface area contributed by atoms with Gasteiger partial charge in [-0.2, -0.15) is 0 Å². The Balaban J connectivity index is 1.67. The molecule has 21 heavy (non-hydrogen) atoms. The first-order valence-corrected chi connectivity index (χ1v) is 8.01. The first kappa shape index (κ1) is 13.6. The quantitative estimate of drug-likeness (QED) is 0.887. The van der Waals surface area contributed by atoms with E-state index in [9.17, 15) is 5.11 Å². The zero-order chi connectivity index (χ0) is 14.6. The molecular weight excluding hydrogens is 264 g/mol. The van der Waals surface area contributed by atoms with E-state index in [1.165, 1.54) is 11.3 Å².